The van der Waals surface area contributed by atoms with E-state index in [1.807, 2.05) is 0 Å². The first-order valence-electron chi connectivity index (χ1n) is 3.12. The largest absolute Gasteiger partial charge is 0.573 e. The molecule has 0 N–H and O–H groups in total. The third kappa shape index (κ3) is 3.85. The summed E-state index contributed by atoms with van der Waals surface area (Å²) in [5.41, 5.74) is 0.294. The first kappa shape index (κ1) is 10.8. The van der Waals surface area contributed by atoms with Gasteiger partial charge < -0.3 is 4.74 Å². The van der Waals surface area contributed by atoms with Crippen LogP contribution >= 0.6 is 0 Å². The van der Waals surface area contributed by atoms with E-state index in [9.17, 15) is 13.2 Å². The minimum Gasteiger partial charge on any atom is -0.406 e. The van der Waals surface area contributed by atoms with Crippen molar-refractivity contribution in [2.75, 3.05) is 0 Å². The van der Waals surface area contributed by atoms with Crippen molar-refractivity contribution >= 4 is 0 Å². The van der Waals surface area contributed by atoms with E-state index in [1.165, 1.54) is 13.0 Å². The van der Waals surface area contributed by atoms with Gasteiger partial charge in [-0.2, -0.15) is 0 Å². The topological polar surface area (TPSA) is 9.23 Å². The molecule has 0 aliphatic carbocycles. The molecule has 0 unspecified atom stereocenters. The van der Waals surface area contributed by atoms with E-state index < -0.39 is 6.36 Å². The highest BCUT2D eigenvalue weighted by atomic mass is 19.4. The molecule has 4 heteroatoms. The third-order valence-corrected chi connectivity index (χ3v) is 1.11. The fraction of sp³-hybridized carbons (Fsp3) is 0.250. The maximum atomic E-state index is 11.7. The molecule has 12 heavy (non-hydrogen) atoms. The summed E-state index contributed by atoms with van der Waals surface area (Å²) < 4.78 is 38.6. The van der Waals surface area contributed by atoms with Gasteiger partial charge in [-0.15, -0.1) is 13.2 Å². The molecule has 0 radical (unpaired) electrons. The highest BCUT2D eigenvalue weighted by molar-refractivity contribution is 5.24. The molecule has 0 amide bonds. The summed E-state index contributed by atoms with van der Waals surface area (Å²) >= 11 is 0. The summed E-state index contributed by atoms with van der Waals surface area (Å²) in [6.07, 6.45) is -2.42. The molecule has 0 saturated carbocycles. The fourth-order valence-corrected chi connectivity index (χ4v) is 0.508. The first-order chi connectivity index (χ1) is 5.40. The van der Waals surface area contributed by atoms with Crippen molar-refractivity contribution in [1.29, 1.82) is 0 Å². The van der Waals surface area contributed by atoms with Crippen molar-refractivity contribution in [3.05, 3.63) is 36.6 Å². The van der Waals surface area contributed by atoms with Crippen LogP contribution in [0.5, 0.6) is 0 Å². The Morgan fingerprint density at radius 2 is 1.75 bits per heavy atom. The molecule has 1 nitrogen and oxygen atoms in total. The van der Waals surface area contributed by atoms with Gasteiger partial charge in [-0.1, -0.05) is 19.2 Å². The molecule has 68 valence electrons. The molecule has 0 bridgehead atoms. The minimum atomic E-state index is -4.67. The van der Waals surface area contributed by atoms with Gasteiger partial charge in [0.05, 0.1) is 0 Å². The van der Waals surface area contributed by atoms with Crippen LogP contribution < -0.4 is 0 Å². The molecule has 0 aliphatic rings. The number of alkyl halides is 3. The molecular weight excluding hydrogens is 169 g/mol. The van der Waals surface area contributed by atoms with Crippen LogP contribution in [0.25, 0.3) is 0 Å². The average Bonchev–Trinajstić information content (AvgIpc) is 1.97. The summed E-state index contributed by atoms with van der Waals surface area (Å²) in [5.74, 6) is -0.322. The highest BCUT2D eigenvalue weighted by Gasteiger charge is 2.31. The Morgan fingerprint density at radius 3 is 2.00 bits per heavy atom. The second-order valence-electron chi connectivity index (χ2n) is 2.00. The molecule has 0 fully saturated rings. The summed E-state index contributed by atoms with van der Waals surface area (Å²) in [4.78, 5) is 0. The lowest BCUT2D eigenvalue weighted by molar-refractivity contribution is -0.303. The summed E-state index contributed by atoms with van der Waals surface area (Å²) in [6.45, 7) is 7.94. The van der Waals surface area contributed by atoms with Crippen LogP contribution in [0.4, 0.5) is 13.2 Å². The smallest absolute Gasteiger partial charge is 0.406 e. The number of halogens is 3. The van der Waals surface area contributed by atoms with Crippen LogP contribution in [0.15, 0.2) is 36.6 Å². The van der Waals surface area contributed by atoms with Crippen molar-refractivity contribution in [2.24, 2.45) is 0 Å². The molecular formula is C8H9F3O. The van der Waals surface area contributed by atoms with Crippen molar-refractivity contribution in [3.8, 4) is 0 Å². The lowest BCUT2D eigenvalue weighted by atomic mass is 10.2. The van der Waals surface area contributed by atoms with Crippen molar-refractivity contribution in [2.45, 2.75) is 13.3 Å². The lowest BCUT2D eigenvalue weighted by Gasteiger charge is -2.10. The van der Waals surface area contributed by atoms with Crippen LogP contribution in [-0.2, 0) is 4.74 Å². The van der Waals surface area contributed by atoms with Crippen LogP contribution in [-0.4, -0.2) is 6.36 Å². The normalized spacial score (nSPS) is 13.3. The van der Waals surface area contributed by atoms with E-state index in [0.717, 1.165) is 6.08 Å². The second kappa shape index (κ2) is 3.99. The Labute approximate surface area is 68.8 Å². The third-order valence-electron chi connectivity index (χ3n) is 1.11. The van der Waals surface area contributed by atoms with E-state index in [4.69, 9.17) is 0 Å². The number of ether oxygens (including phenoxy) is 1. The maximum Gasteiger partial charge on any atom is 0.573 e. The maximum absolute atomic E-state index is 11.7. The molecule has 0 rings (SSSR count). The van der Waals surface area contributed by atoms with E-state index >= 15 is 0 Å². The predicted molar refractivity (Wildman–Crippen MR) is 40.2 cm³/mol. The van der Waals surface area contributed by atoms with Crippen LogP contribution in [0.1, 0.15) is 6.92 Å². The molecule has 0 saturated heterocycles. The Morgan fingerprint density at radius 1 is 1.25 bits per heavy atom. The monoisotopic (exact) mass is 178 g/mol. The van der Waals surface area contributed by atoms with Crippen molar-refractivity contribution in [1.82, 2.24) is 0 Å². The van der Waals surface area contributed by atoms with Crippen molar-refractivity contribution < 1.29 is 17.9 Å². The SMILES string of the molecule is C=C/C(C)=C(\C=C)OC(F)(F)F. The van der Waals surface area contributed by atoms with E-state index in [1.54, 1.807) is 0 Å². The Balaban J connectivity index is 4.60. The van der Waals surface area contributed by atoms with Gasteiger partial charge in [0.15, 0.2) is 0 Å². The van der Waals surface area contributed by atoms with Gasteiger partial charge in [-0.05, 0) is 18.6 Å². The molecule has 0 aromatic carbocycles. The van der Waals surface area contributed by atoms with Gasteiger partial charge >= 0.3 is 6.36 Å². The Bertz CT molecular complexity index is 213. The Hall–Kier alpha value is -1.19. The number of hydrogen-bond acceptors (Lipinski definition) is 1. The van der Waals surface area contributed by atoms with Crippen molar-refractivity contribution in [3.63, 3.8) is 0 Å². The van der Waals surface area contributed by atoms with Gasteiger partial charge in [-0.25, -0.2) is 0 Å². The fourth-order valence-electron chi connectivity index (χ4n) is 0.508. The van der Waals surface area contributed by atoms with E-state index in [-0.39, 0.29) is 5.76 Å². The molecule has 0 atom stereocenters. The zero-order valence-electron chi connectivity index (χ0n) is 6.61. The van der Waals surface area contributed by atoms with Gasteiger partial charge in [0.1, 0.15) is 5.76 Å². The molecule has 0 spiro atoms. The van der Waals surface area contributed by atoms with Crippen LogP contribution in [0.3, 0.4) is 0 Å². The van der Waals surface area contributed by atoms with Crippen LogP contribution in [0, 0.1) is 0 Å². The average molecular weight is 178 g/mol. The predicted octanol–water partition coefficient (Wildman–Crippen LogP) is 3.17. The summed E-state index contributed by atoms with van der Waals surface area (Å²) in [7, 11) is 0. The lowest BCUT2D eigenvalue weighted by Crippen LogP contribution is -2.12. The number of allylic oxidation sites excluding steroid dienone is 3. The van der Waals surface area contributed by atoms with E-state index in [0.29, 0.717) is 5.57 Å². The van der Waals surface area contributed by atoms with Gasteiger partial charge in [0.25, 0.3) is 0 Å². The number of rotatable bonds is 3. The first-order valence-corrected chi connectivity index (χ1v) is 3.12. The minimum absolute atomic E-state index is 0.294. The zero-order chi connectivity index (χ0) is 9.78. The number of hydrogen-bond donors (Lipinski definition) is 0. The Kier molecular flexibility index (Phi) is 3.60. The standard InChI is InChI=1S/C8H9F3O/c1-4-6(3)7(5-2)12-8(9,10)11/h4-5H,1-2H2,3H3/b7-6+. The zero-order valence-corrected chi connectivity index (χ0v) is 6.61. The van der Waals surface area contributed by atoms with Gasteiger partial charge in [0.2, 0.25) is 0 Å². The molecule has 0 aromatic rings. The van der Waals surface area contributed by atoms with Gasteiger partial charge in [-0.3, -0.25) is 0 Å². The molecule has 0 heterocycles. The highest BCUT2D eigenvalue weighted by Crippen LogP contribution is 2.23. The molecule has 0 aromatic heterocycles. The molecule has 0 aliphatic heterocycles. The second-order valence-corrected chi connectivity index (χ2v) is 2.00. The van der Waals surface area contributed by atoms with E-state index in [2.05, 4.69) is 17.9 Å². The summed E-state index contributed by atoms with van der Waals surface area (Å²) in [5, 5.41) is 0. The van der Waals surface area contributed by atoms with Crippen LogP contribution in [0.2, 0.25) is 0 Å². The summed E-state index contributed by atoms with van der Waals surface area (Å²) in [6, 6.07) is 0. The van der Waals surface area contributed by atoms with Gasteiger partial charge in [0, 0.05) is 0 Å². The quantitative estimate of drug-likeness (QED) is 0.476.